The number of hydrogen-bond donors (Lipinski definition) is 3. The third-order valence-electron chi connectivity index (χ3n) is 6.20. The van der Waals surface area contributed by atoms with E-state index in [0.29, 0.717) is 46.2 Å². The third kappa shape index (κ3) is 5.64. The Hall–Kier alpha value is -3.40. The van der Waals surface area contributed by atoms with Crippen molar-refractivity contribution in [3.63, 3.8) is 0 Å². The van der Waals surface area contributed by atoms with Crippen LogP contribution < -0.4 is 16.2 Å². The highest BCUT2D eigenvalue weighted by molar-refractivity contribution is 6.34. The highest BCUT2D eigenvalue weighted by atomic mass is 19.1. The van der Waals surface area contributed by atoms with Crippen molar-refractivity contribution in [3.05, 3.63) is 69.0 Å². The Morgan fingerprint density at radius 1 is 1.17 bits per heavy atom. The van der Waals surface area contributed by atoms with E-state index in [1.807, 2.05) is 14.8 Å². The molecule has 0 bridgehead atoms. The number of allylic oxidation sites excluding steroid dienone is 2. The Labute approximate surface area is 203 Å². The molecule has 35 heavy (non-hydrogen) atoms. The summed E-state index contributed by atoms with van der Waals surface area (Å²) in [6.45, 7) is 6.01. The van der Waals surface area contributed by atoms with E-state index in [0.717, 1.165) is 37.5 Å². The van der Waals surface area contributed by atoms with E-state index in [4.69, 9.17) is 5.41 Å². The van der Waals surface area contributed by atoms with Gasteiger partial charge in [-0.25, -0.2) is 18.7 Å². The van der Waals surface area contributed by atoms with E-state index in [1.54, 1.807) is 19.1 Å². The summed E-state index contributed by atoms with van der Waals surface area (Å²) in [7, 11) is 1.90. The highest BCUT2D eigenvalue weighted by Crippen LogP contribution is 2.21. The first-order valence-corrected chi connectivity index (χ1v) is 11.8. The maximum Gasteiger partial charge on any atom is 0.295 e. The zero-order valence-electron chi connectivity index (χ0n) is 20.2. The van der Waals surface area contributed by atoms with Gasteiger partial charge in [-0.05, 0) is 68.6 Å². The number of anilines is 1. The minimum atomic E-state index is -0.712. The Balaban J connectivity index is 1.83. The summed E-state index contributed by atoms with van der Waals surface area (Å²) in [5.41, 5.74) is 3.16. The molecule has 3 aromatic rings. The van der Waals surface area contributed by atoms with Crippen molar-refractivity contribution in [2.45, 2.75) is 33.2 Å². The maximum absolute atomic E-state index is 13.9. The number of hydrogen-bond acceptors (Lipinski definition) is 6. The van der Waals surface area contributed by atoms with E-state index in [-0.39, 0.29) is 12.4 Å². The molecule has 1 aliphatic heterocycles. The molecule has 0 amide bonds. The van der Waals surface area contributed by atoms with Gasteiger partial charge in [0.25, 0.3) is 5.56 Å². The second kappa shape index (κ2) is 10.5. The smallest absolute Gasteiger partial charge is 0.295 e. The molecule has 4 rings (SSSR count). The average Bonchev–Trinajstić information content (AvgIpc) is 2.79. The number of benzene rings is 1. The van der Waals surface area contributed by atoms with Gasteiger partial charge in [0.05, 0.1) is 12.2 Å². The largest absolute Gasteiger partial charge is 0.365 e. The first kappa shape index (κ1) is 24.7. The van der Waals surface area contributed by atoms with E-state index in [2.05, 4.69) is 20.6 Å². The summed E-state index contributed by atoms with van der Waals surface area (Å²) in [6.07, 6.45) is 2.02. The van der Waals surface area contributed by atoms with E-state index in [9.17, 15) is 13.6 Å². The van der Waals surface area contributed by atoms with Crippen molar-refractivity contribution in [2.75, 3.05) is 25.0 Å². The molecule has 0 atom stereocenters. The first-order chi connectivity index (χ1) is 16.7. The normalized spacial score (nSPS) is 15.2. The summed E-state index contributed by atoms with van der Waals surface area (Å²) in [5, 5.41) is 14.7. The summed E-state index contributed by atoms with van der Waals surface area (Å²) >= 11 is 0. The highest BCUT2D eigenvalue weighted by Gasteiger charge is 2.18. The second-order valence-electron chi connectivity index (χ2n) is 9.24. The van der Waals surface area contributed by atoms with Gasteiger partial charge in [0.1, 0.15) is 25.0 Å². The molecular weight excluding hydrogens is 449 g/mol. The van der Waals surface area contributed by atoms with Crippen molar-refractivity contribution in [2.24, 2.45) is 5.92 Å². The lowest BCUT2D eigenvalue weighted by Crippen LogP contribution is -2.33. The van der Waals surface area contributed by atoms with Crippen molar-refractivity contribution >= 4 is 36.1 Å². The van der Waals surface area contributed by atoms with E-state index < -0.39 is 17.2 Å². The van der Waals surface area contributed by atoms with Crippen LogP contribution in [0.2, 0.25) is 0 Å². The van der Waals surface area contributed by atoms with Crippen LogP contribution in [0.5, 0.6) is 0 Å². The standard InChI is InChI=1S/C25H29BF2N6O/c1-14(26)22(15(2)29)20-3-4-21-24(33-20)34(13-17-9-18(27)11-19(28)10-17)25(35)23(32-21)31-12-16-5-7-30-8-6-16/h3-4,9-11,16,29-30H,5-8,12-13,26H2,1-2H3,(H,31,32)/b22-14+,29-15?. The molecule has 2 aromatic heterocycles. The Morgan fingerprint density at radius 2 is 1.86 bits per heavy atom. The summed E-state index contributed by atoms with van der Waals surface area (Å²) in [4.78, 5) is 22.8. The van der Waals surface area contributed by atoms with E-state index in [1.165, 1.54) is 16.7 Å². The van der Waals surface area contributed by atoms with Gasteiger partial charge in [-0.1, -0.05) is 6.92 Å². The lowest BCUT2D eigenvalue weighted by Gasteiger charge is -2.23. The van der Waals surface area contributed by atoms with Gasteiger partial charge in [0.2, 0.25) is 0 Å². The van der Waals surface area contributed by atoms with Gasteiger partial charge in [0.15, 0.2) is 11.5 Å². The van der Waals surface area contributed by atoms with Gasteiger partial charge >= 0.3 is 0 Å². The van der Waals surface area contributed by atoms with Crippen LogP contribution in [0.25, 0.3) is 16.7 Å². The number of fused-ring (bicyclic) bond motifs is 1. The average molecular weight is 478 g/mol. The predicted molar refractivity (Wildman–Crippen MR) is 138 cm³/mol. The number of pyridine rings is 1. The molecule has 0 unspecified atom stereocenters. The van der Waals surface area contributed by atoms with Crippen LogP contribution in [-0.2, 0) is 6.54 Å². The number of nitrogens with zero attached hydrogens (tertiary/aromatic N) is 3. The summed E-state index contributed by atoms with van der Waals surface area (Å²) < 4.78 is 29.2. The quantitative estimate of drug-likeness (QED) is 0.359. The molecule has 3 N–H and O–H groups in total. The zero-order valence-corrected chi connectivity index (χ0v) is 20.2. The lowest BCUT2D eigenvalue weighted by molar-refractivity contribution is 0.389. The Morgan fingerprint density at radius 3 is 2.49 bits per heavy atom. The molecule has 1 fully saturated rings. The van der Waals surface area contributed by atoms with Crippen molar-refractivity contribution in [1.82, 2.24) is 19.9 Å². The van der Waals surface area contributed by atoms with Crippen LogP contribution in [0.4, 0.5) is 14.6 Å². The summed E-state index contributed by atoms with van der Waals surface area (Å²) in [5.74, 6) is -0.811. The van der Waals surface area contributed by atoms with Crippen LogP contribution in [0, 0.1) is 23.0 Å². The summed E-state index contributed by atoms with van der Waals surface area (Å²) in [6, 6.07) is 6.76. The molecule has 0 spiro atoms. The number of aromatic nitrogens is 3. The van der Waals surface area contributed by atoms with Gasteiger partial charge in [-0.15, -0.1) is 5.47 Å². The molecule has 1 aromatic carbocycles. The fraction of sp³-hybridized carbons (Fsp3) is 0.360. The molecule has 10 heteroatoms. The van der Waals surface area contributed by atoms with Crippen molar-refractivity contribution in [1.29, 1.82) is 5.41 Å². The van der Waals surface area contributed by atoms with E-state index >= 15 is 0 Å². The molecule has 182 valence electrons. The minimum Gasteiger partial charge on any atom is -0.365 e. The van der Waals surface area contributed by atoms with Crippen LogP contribution in [0.1, 0.15) is 37.9 Å². The first-order valence-electron chi connectivity index (χ1n) is 11.8. The molecule has 3 heterocycles. The van der Waals surface area contributed by atoms with Gasteiger partial charge in [-0.2, -0.15) is 0 Å². The molecule has 0 saturated carbocycles. The zero-order chi connectivity index (χ0) is 25.1. The number of piperidine rings is 1. The number of rotatable bonds is 7. The number of halogens is 2. The predicted octanol–water partition coefficient (Wildman–Crippen LogP) is 2.93. The molecule has 1 saturated heterocycles. The SMILES string of the molecule is B/C(C)=C(\C(C)=N)c1ccc2nc(NCC3CCNCC3)c(=O)n(Cc3cc(F)cc(F)c3)c2n1. The fourth-order valence-electron chi connectivity index (χ4n) is 4.56. The van der Waals surface area contributed by atoms with Gasteiger partial charge in [0, 0.05) is 23.9 Å². The van der Waals surface area contributed by atoms with Crippen LogP contribution in [0.15, 0.2) is 40.6 Å². The minimum absolute atomic E-state index is 0.0707. The van der Waals surface area contributed by atoms with Crippen molar-refractivity contribution in [3.8, 4) is 0 Å². The van der Waals surface area contributed by atoms with Crippen LogP contribution >= 0.6 is 0 Å². The second-order valence-corrected chi connectivity index (χ2v) is 9.24. The lowest BCUT2D eigenvalue weighted by atomic mass is 9.88. The van der Waals surface area contributed by atoms with Crippen LogP contribution in [0.3, 0.4) is 0 Å². The van der Waals surface area contributed by atoms with Gasteiger partial charge < -0.3 is 16.0 Å². The third-order valence-corrected chi connectivity index (χ3v) is 6.20. The maximum atomic E-state index is 13.9. The monoisotopic (exact) mass is 478 g/mol. The fourth-order valence-corrected chi connectivity index (χ4v) is 4.56. The molecule has 0 aliphatic carbocycles. The molecule has 7 nitrogen and oxygen atoms in total. The Kier molecular flexibility index (Phi) is 7.40. The Bertz CT molecular complexity index is 1340. The molecule has 0 radical (unpaired) electrons. The number of nitrogens with one attached hydrogen (secondary N) is 3. The van der Waals surface area contributed by atoms with Crippen molar-refractivity contribution < 1.29 is 8.78 Å². The van der Waals surface area contributed by atoms with Crippen LogP contribution in [-0.4, -0.2) is 47.7 Å². The topological polar surface area (TPSA) is 95.7 Å². The molecular formula is C25H29BF2N6O. The molecule has 1 aliphatic rings. The van der Waals surface area contributed by atoms with Gasteiger partial charge in [-0.3, -0.25) is 9.36 Å².